The summed E-state index contributed by atoms with van der Waals surface area (Å²) in [4.78, 5) is 11.6. The minimum atomic E-state index is 0.460. The van der Waals surface area contributed by atoms with E-state index in [-0.39, 0.29) is 0 Å². The minimum absolute atomic E-state index is 0.460. The second-order valence-electron chi connectivity index (χ2n) is 7.26. The fraction of sp³-hybridized carbons (Fsp3) is 0.556. The molecule has 2 fully saturated rings. The van der Waals surface area contributed by atoms with Crippen LogP contribution in [0.3, 0.4) is 0 Å². The fourth-order valence-corrected chi connectivity index (χ4v) is 4.99. The zero-order chi connectivity index (χ0) is 17.6. The third-order valence-corrected chi connectivity index (χ3v) is 6.19. The molecule has 6 nitrogen and oxygen atoms in total. The number of likely N-dealkylation sites (tertiary alicyclic amines) is 1. The highest BCUT2D eigenvalue weighted by Crippen LogP contribution is 2.45. The summed E-state index contributed by atoms with van der Waals surface area (Å²) in [6.07, 6.45) is 0. The molecule has 2 aliphatic rings. The average Bonchev–Trinajstić information content (AvgIpc) is 3.28. The predicted molar refractivity (Wildman–Crippen MR) is 102 cm³/mol. The number of methoxy groups -OCH3 is 1. The lowest BCUT2D eigenvalue weighted by molar-refractivity contribution is 0.279. The van der Waals surface area contributed by atoms with Gasteiger partial charge in [-0.1, -0.05) is 12.1 Å². The van der Waals surface area contributed by atoms with Crippen LogP contribution in [0.2, 0.25) is 0 Å². The van der Waals surface area contributed by atoms with Gasteiger partial charge < -0.3 is 14.5 Å². The molecular formula is C18H25N5OS. The Labute approximate surface area is 153 Å². The Hall–Kier alpha value is -1.86. The standard InChI is InChI=1S/C18H25N5OS/c1-21(2)17-19-18(25-20-17)23-10-13-9-22(3)16(15(13)11-23)12-5-7-14(24-4)8-6-12/h5-8,13,15-16H,9-11H2,1-4H3/t13-,15+,16+/m0/s1. The van der Waals surface area contributed by atoms with Gasteiger partial charge in [-0.15, -0.1) is 0 Å². The zero-order valence-corrected chi connectivity index (χ0v) is 16.0. The molecule has 1 aromatic heterocycles. The molecule has 0 aliphatic carbocycles. The van der Waals surface area contributed by atoms with E-state index in [1.807, 2.05) is 19.0 Å². The molecule has 25 heavy (non-hydrogen) atoms. The summed E-state index contributed by atoms with van der Waals surface area (Å²) in [5, 5.41) is 1.05. The largest absolute Gasteiger partial charge is 0.497 e. The van der Waals surface area contributed by atoms with Gasteiger partial charge in [-0.05, 0) is 30.7 Å². The summed E-state index contributed by atoms with van der Waals surface area (Å²) in [6.45, 7) is 3.26. The highest BCUT2D eigenvalue weighted by Gasteiger charge is 2.46. The SMILES string of the molecule is COc1ccc([C@@H]2[C@@H]3CN(c4nc(N(C)C)ns4)C[C@@H]3CN2C)cc1. The summed E-state index contributed by atoms with van der Waals surface area (Å²) in [5.74, 6) is 3.04. The highest BCUT2D eigenvalue weighted by atomic mass is 32.1. The number of rotatable bonds is 4. The van der Waals surface area contributed by atoms with Crippen molar-refractivity contribution >= 4 is 22.6 Å². The van der Waals surface area contributed by atoms with Crippen LogP contribution in [0.1, 0.15) is 11.6 Å². The molecule has 7 heteroatoms. The van der Waals surface area contributed by atoms with Crippen molar-refractivity contribution in [2.24, 2.45) is 11.8 Å². The lowest BCUT2D eigenvalue weighted by Crippen LogP contribution is -2.29. The second-order valence-corrected chi connectivity index (χ2v) is 7.99. The number of fused-ring (bicyclic) bond motifs is 1. The van der Waals surface area contributed by atoms with E-state index in [1.54, 1.807) is 7.11 Å². The molecule has 2 saturated heterocycles. The molecule has 0 spiro atoms. The molecule has 4 rings (SSSR count). The summed E-state index contributed by atoms with van der Waals surface area (Å²) in [6, 6.07) is 9.01. The van der Waals surface area contributed by atoms with Gasteiger partial charge in [0, 0.05) is 57.2 Å². The number of hydrogen-bond acceptors (Lipinski definition) is 7. The monoisotopic (exact) mass is 359 g/mol. The normalized spacial score (nSPS) is 26.1. The van der Waals surface area contributed by atoms with Crippen LogP contribution < -0.4 is 14.5 Å². The first-order valence-electron chi connectivity index (χ1n) is 8.67. The van der Waals surface area contributed by atoms with E-state index in [2.05, 4.69) is 50.5 Å². The summed E-state index contributed by atoms with van der Waals surface area (Å²) < 4.78 is 9.76. The fourth-order valence-electron chi connectivity index (χ4n) is 4.23. The maximum absolute atomic E-state index is 5.30. The van der Waals surface area contributed by atoms with Crippen LogP contribution in [-0.4, -0.2) is 62.1 Å². The van der Waals surface area contributed by atoms with Crippen LogP contribution in [0.25, 0.3) is 0 Å². The molecule has 0 radical (unpaired) electrons. The average molecular weight is 359 g/mol. The van der Waals surface area contributed by atoms with Gasteiger partial charge in [0.1, 0.15) is 5.75 Å². The first kappa shape index (κ1) is 16.6. The molecule has 2 aliphatic heterocycles. The molecule has 0 amide bonds. The van der Waals surface area contributed by atoms with E-state index in [1.165, 1.54) is 17.1 Å². The Morgan fingerprint density at radius 3 is 2.56 bits per heavy atom. The van der Waals surface area contributed by atoms with Crippen molar-refractivity contribution in [1.82, 2.24) is 14.3 Å². The van der Waals surface area contributed by atoms with Crippen LogP contribution in [0.5, 0.6) is 5.75 Å². The topological polar surface area (TPSA) is 44.7 Å². The summed E-state index contributed by atoms with van der Waals surface area (Å²) >= 11 is 1.51. The Morgan fingerprint density at radius 2 is 1.92 bits per heavy atom. The quantitative estimate of drug-likeness (QED) is 0.835. The molecule has 0 unspecified atom stereocenters. The van der Waals surface area contributed by atoms with E-state index in [9.17, 15) is 0 Å². The van der Waals surface area contributed by atoms with Crippen molar-refractivity contribution in [3.63, 3.8) is 0 Å². The first-order valence-corrected chi connectivity index (χ1v) is 9.44. The van der Waals surface area contributed by atoms with Gasteiger partial charge in [0.05, 0.1) is 7.11 Å². The maximum atomic E-state index is 5.30. The third kappa shape index (κ3) is 2.95. The van der Waals surface area contributed by atoms with Crippen molar-refractivity contribution in [2.75, 3.05) is 57.7 Å². The number of anilines is 2. The Bertz CT molecular complexity index is 731. The predicted octanol–water partition coefficient (Wildman–Crippen LogP) is 2.35. The van der Waals surface area contributed by atoms with Gasteiger partial charge in [0.2, 0.25) is 11.1 Å². The minimum Gasteiger partial charge on any atom is -0.497 e. The Morgan fingerprint density at radius 1 is 1.16 bits per heavy atom. The van der Waals surface area contributed by atoms with Crippen molar-refractivity contribution in [3.8, 4) is 5.75 Å². The van der Waals surface area contributed by atoms with Crippen molar-refractivity contribution in [1.29, 1.82) is 0 Å². The molecule has 134 valence electrons. The van der Waals surface area contributed by atoms with Gasteiger partial charge in [-0.2, -0.15) is 9.36 Å². The number of benzene rings is 1. The molecule has 0 N–H and O–H groups in total. The maximum Gasteiger partial charge on any atom is 0.238 e. The van der Waals surface area contributed by atoms with Crippen molar-refractivity contribution < 1.29 is 4.74 Å². The van der Waals surface area contributed by atoms with Gasteiger partial charge in [-0.3, -0.25) is 4.90 Å². The van der Waals surface area contributed by atoms with Crippen LogP contribution in [0.15, 0.2) is 24.3 Å². The zero-order valence-electron chi connectivity index (χ0n) is 15.2. The van der Waals surface area contributed by atoms with E-state index < -0.39 is 0 Å². The van der Waals surface area contributed by atoms with E-state index in [0.29, 0.717) is 17.9 Å². The number of ether oxygens (including phenoxy) is 1. The molecule has 0 bridgehead atoms. The molecule has 1 aromatic carbocycles. The summed E-state index contributed by atoms with van der Waals surface area (Å²) in [7, 11) is 7.93. The van der Waals surface area contributed by atoms with Crippen LogP contribution in [0.4, 0.5) is 11.1 Å². The Balaban J connectivity index is 1.53. The molecule has 2 aromatic rings. The lowest BCUT2D eigenvalue weighted by Gasteiger charge is -2.26. The number of hydrogen-bond donors (Lipinski definition) is 0. The Kier molecular flexibility index (Phi) is 4.29. The molecule has 3 atom stereocenters. The van der Waals surface area contributed by atoms with Crippen molar-refractivity contribution in [2.45, 2.75) is 6.04 Å². The van der Waals surface area contributed by atoms with Crippen LogP contribution >= 0.6 is 11.5 Å². The van der Waals surface area contributed by atoms with Gasteiger partial charge >= 0.3 is 0 Å². The molecule has 0 saturated carbocycles. The number of nitrogens with zero attached hydrogens (tertiary/aromatic N) is 5. The smallest absolute Gasteiger partial charge is 0.238 e. The van der Waals surface area contributed by atoms with Gasteiger partial charge in [0.15, 0.2) is 0 Å². The van der Waals surface area contributed by atoms with Crippen LogP contribution in [0, 0.1) is 11.8 Å². The number of aromatic nitrogens is 2. The lowest BCUT2D eigenvalue weighted by atomic mass is 9.89. The first-order chi connectivity index (χ1) is 12.1. The molecule has 3 heterocycles. The van der Waals surface area contributed by atoms with E-state index in [4.69, 9.17) is 4.74 Å². The second kappa shape index (κ2) is 6.46. The van der Waals surface area contributed by atoms with Gasteiger partial charge in [-0.25, -0.2) is 0 Å². The molecular weight excluding hydrogens is 334 g/mol. The van der Waals surface area contributed by atoms with Crippen molar-refractivity contribution in [3.05, 3.63) is 29.8 Å². The third-order valence-electron chi connectivity index (χ3n) is 5.43. The van der Waals surface area contributed by atoms with E-state index in [0.717, 1.165) is 36.5 Å². The van der Waals surface area contributed by atoms with E-state index >= 15 is 0 Å². The van der Waals surface area contributed by atoms with Crippen LogP contribution in [-0.2, 0) is 0 Å². The highest BCUT2D eigenvalue weighted by molar-refractivity contribution is 7.09. The van der Waals surface area contributed by atoms with Gasteiger partial charge in [0.25, 0.3) is 0 Å². The summed E-state index contributed by atoms with van der Waals surface area (Å²) in [5.41, 5.74) is 1.38.